The van der Waals surface area contributed by atoms with Crippen LogP contribution in [0.3, 0.4) is 0 Å². The summed E-state index contributed by atoms with van der Waals surface area (Å²) in [5.74, 6) is -1.46. The summed E-state index contributed by atoms with van der Waals surface area (Å²) in [5.41, 5.74) is 1.38. The van der Waals surface area contributed by atoms with Crippen LogP contribution >= 0.6 is 0 Å². The van der Waals surface area contributed by atoms with E-state index in [1.165, 1.54) is 0 Å². The first-order valence-electron chi connectivity index (χ1n) is 10.4. The number of rotatable bonds is 7. The number of fused-ring (bicyclic) bond motifs is 1. The van der Waals surface area contributed by atoms with Crippen molar-refractivity contribution in [2.24, 2.45) is 0 Å². The number of Topliss-reactive ketones (excluding diaryl/α,β-unsaturated/α-hetero) is 1. The summed E-state index contributed by atoms with van der Waals surface area (Å²) in [6, 6.07) is 17.5. The molecule has 1 aliphatic rings. The van der Waals surface area contributed by atoms with Gasteiger partial charge in [-0.25, -0.2) is 4.98 Å². The Hall–Kier alpha value is -4.13. The molecule has 0 radical (unpaired) electrons. The normalized spacial score (nSPS) is 16.3. The van der Waals surface area contributed by atoms with E-state index in [1.807, 2.05) is 59.3 Å². The Balaban J connectivity index is 1.49. The summed E-state index contributed by atoms with van der Waals surface area (Å²) in [6.45, 7) is 1.04. The number of carbonyl (C=O) groups excluding carboxylic acids is 2. The lowest BCUT2D eigenvalue weighted by atomic mass is 9.95. The van der Waals surface area contributed by atoms with Crippen LogP contribution < -0.4 is 0 Å². The number of imidazole rings is 1. The Morgan fingerprint density at radius 3 is 2.59 bits per heavy atom. The Kier molecular flexibility index (Phi) is 5.07. The van der Waals surface area contributed by atoms with Crippen molar-refractivity contribution in [3.05, 3.63) is 102 Å². The lowest BCUT2D eigenvalue weighted by Crippen LogP contribution is -2.32. The minimum absolute atomic E-state index is 0.0443. The monoisotopic (exact) mass is 427 g/mol. The quantitative estimate of drug-likeness (QED) is 0.444. The molecule has 7 heteroatoms. The van der Waals surface area contributed by atoms with Crippen molar-refractivity contribution < 1.29 is 19.1 Å². The molecular formula is C25H21N3O4. The van der Waals surface area contributed by atoms with Crippen molar-refractivity contribution in [3.8, 4) is 0 Å². The smallest absolute Gasteiger partial charge is 0.290 e. The number of ketones is 1. The van der Waals surface area contributed by atoms with Gasteiger partial charge in [-0.1, -0.05) is 48.5 Å². The van der Waals surface area contributed by atoms with E-state index in [4.69, 9.17) is 4.42 Å². The molecule has 4 aromatic rings. The fourth-order valence-electron chi connectivity index (χ4n) is 4.17. The second-order valence-corrected chi connectivity index (χ2v) is 7.71. The lowest BCUT2D eigenvalue weighted by Gasteiger charge is -2.26. The van der Waals surface area contributed by atoms with Crippen LogP contribution in [-0.4, -0.2) is 37.8 Å². The molecule has 3 heterocycles. The number of nitrogens with zero attached hydrogens (tertiary/aromatic N) is 3. The van der Waals surface area contributed by atoms with Crippen molar-refractivity contribution in [3.63, 3.8) is 0 Å². The number of hydrogen-bond acceptors (Lipinski definition) is 5. The molecule has 7 nitrogen and oxygen atoms in total. The zero-order valence-corrected chi connectivity index (χ0v) is 17.2. The van der Waals surface area contributed by atoms with E-state index < -0.39 is 23.5 Å². The molecule has 0 spiro atoms. The number of para-hydroxylation sites is 1. The van der Waals surface area contributed by atoms with Gasteiger partial charge >= 0.3 is 0 Å². The van der Waals surface area contributed by atoms with E-state index in [2.05, 4.69) is 4.98 Å². The highest BCUT2D eigenvalue weighted by Crippen LogP contribution is 2.39. The first kappa shape index (κ1) is 19.8. The van der Waals surface area contributed by atoms with Crippen molar-refractivity contribution >= 4 is 22.7 Å². The van der Waals surface area contributed by atoms with E-state index in [0.717, 1.165) is 10.9 Å². The number of aryl methyl sites for hydroxylation is 1. The number of carbonyl (C=O) groups is 2. The molecule has 0 saturated carbocycles. The van der Waals surface area contributed by atoms with Gasteiger partial charge in [0.2, 0.25) is 5.78 Å². The SMILES string of the molecule is O=C(C1=C(O)C(=O)N(CCCn2ccnc2)C1c1ccccc1)c1cc2ccccc2o1. The van der Waals surface area contributed by atoms with Crippen LogP contribution in [0.1, 0.15) is 28.6 Å². The maximum absolute atomic E-state index is 13.5. The molecule has 1 atom stereocenters. The third kappa shape index (κ3) is 3.47. The molecule has 32 heavy (non-hydrogen) atoms. The molecule has 1 aliphatic heterocycles. The van der Waals surface area contributed by atoms with Crippen molar-refractivity contribution in [2.75, 3.05) is 6.54 Å². The van der Waals surface area contributed by atoms with Crippen LogP contribution in [0.4, 0.5) is 0 Å². The summed E-state index contributed by atoms with van der Waals surface area (Å²) in [4.78, 5) is 32.1. The predicted octanol–water partition coefficient (Wildman–Crippen LogP) is 4.30. The summed E-state index contributed by atoms with van der Waals surface area (Å²) in [5, 5.41) is 11.5. The molecule has 2 aromatic heterocycles. The van der Waals surface area contributed by atoms with Gasteiger partial charge in [0.05, 0.1) is 17.9 Å². The maximum atomic E-state index is 13.5. The van der Waals surface area contributed by atoms with Crippen LogP contribution in [-0.2, 0) is 11.3 Å². The molecule has 0 saturated heterocycles. The molecule has 160 valence electrons. The van der Waals surface area contributed by atoms with Crippen LogP contribution in [0.25, 0.3) is 11.0 Å². The number of aliphatic hydroxyl groups is 1. The maximum Gasteiger partial charge on any atom is 0.290 e. The Morgan fingerprint density at radius 2 is 1.84 bits per heavy atom. The average Bonchev–Trinajstić information content (AvgIpc) is 3.54. The Labute approximate surface area is 184 Å². The number of aromatic nitrogens is 2. The molecule has 5 rings (SSSR count). The van der Waals surface area contributed by atoms with Gasteiger partial charge in [0.25, 0.3) is 5.91 Å². The van der Waals surface area contributed by atoms with Gasteiger partial charge < -0.3 is 19.0 Å². The number of hydrogen-bond donors (Lipinski definition) is 1. The number of amides is 1. The second kappa shape index (κ2) is 8.19. The molecule has 2 aromatic carbocycles. The first-order valence-corrected chi connectivity index (χ1v) is 10.4. The van der Waals surface area contributed by atoms with Crippen LogP contribution in [0, 0.1) is 0 Å². The average molecular weight is 427 g/mol. The van der Waals surface area contributed by atoms with Gasteiger partial charge in [-0.2, -0.15) is 0 Å². The molecule has 1 amide bonds. The van der Waals surface area contributed by atoms with Crippen molar-refractivity contribution in [1.82, 2.24) is 14.5 Å². The second-order valence-electron chi connectivity index (χ2n) is 7.71. The fourth-order valence-corrected chi connectivity index (χ4v) is 4.17. The van der Waals surface area contributed by atoms with Gasteiger partial charge in [0.15, 0.2) is 11.5 Å². The summed E-state index contributed by atoms with van der Waals surface area (Å²) in [7, 11) is 0. The fraction of sp³-hybridized carbons (Fsp3) is 0.160. The van der Waals surface area contributed by atoms with Gasteiger partial charge in [-0.15, -0.1) is 0 Å². The standard InChI is InChI=1S/C25H21N3O4/c29-23(20-15-18-9-4-5-10-19(18)32-20)21-22(17-7-2-1-3-8-17)28(25(31)24(21)30)13-6-12-27-14-11-26-16-27/h1-5,7-11,14-16,22,30H,6,12-13H2. The van der Waals surface area contributed by atoms with Gasteiger partial charge in [0, 0.05) is 30.9 Å². The predicted molar refractivity (Wildman–Crippen MR) is 118 cm³/mol. The first-order chi connectivity index (χ1) is 15.6. The van der Waals surface area contributed by atoms with E-state index in [9.17, 15) is 14.7 Å². The van der Waals surface area contributed by atoms with Crippen LogP contribution in [0.15, 0.2) is 95.1 Å². The molecule has 0 bridgehead atoms. The Morgan fingerprint density at radius 1 is 1.06 bits per heavy atom. The van der Waals surface area contributed by atoms with E-state index in [-0.39, 0.29) is 11.3 Å². The van der Waals surface area contributed by atoms with Crippen LogP contribution in [0.5, 0.6) is 0 Å². The minimum atomic E-state index is -0.688. The molecular weight excluding hydrogens is 406 g/mol. The summed E-state index contributed by atoms with van der Waals surface area (Å²) in [6.07, 6.45) is 5.91. The topological polar surface area (TPSA) is 88.6 Å². The number of furan rings is 1. The Bertz CT molecular complexity index is 1270. The molecule has 0 fully saturated rings. The molecule has 1 N–H and O–H groups in total. The highest BCUT2D eigenvalue weighted by atomic mass is 16.3. The zero-order valence-electron chi connectivity index (χ0n) is 17.2. The molecule has 0 aliphatic carbocycles. The minimum Gasteiger partial charge on any atom is -0.503 e. The zero-order chi connectivity index (χ0) is 22.1. The highest BCUT2D eigenvalue weighted by Gasteiger charge is 2.44. The third-order valence-electron chi connectivity index (χ3n) is 5.69. The number of aliphatic hydroxyl groups excluding tert-OH is 1. The van der Waals surface area contributed by atoms with Gasteiger partial charge in [-0.3, -0.25) is 9.59 Å². The van der Waals surface area contributed by atoms with E-state index in [1.54, 1.807) is 29.6 Å². The van der Waals surface area contributed by atoms with Crippen molar-refractivity contribution in [1.29, 1.82) is 0 Å². The largest absolute Gasteiger partial charge is 0.503 e. The summed E-state index contributed by atoms with van der Waals surface area (Å²) < 4.78 is 7.66. The third-order valence-corrected chi connectivity index (χ3v) is 5.69. The van der Waals surface area contributed by atoms with Gasteiger partial charge in [0.1, 0.15) is 5.58 Å². The van der Waals surface area contributed by atoms with Crippen molar-refractivity contribution in [2.45, 2.75) is 19.0 Å². The lowest BCUT2D eigenvalue weighted by molar-refractivity contribution is -0.129. The van der Waals surface area contributed by atoms with E-state index in [0.29, 0.717) is 25.1 Å². The molecule has 1 unspecified atom stereocenters. The number of benzene rings is 2. The summed E-state index contributed by atoms with van der Waals surface area (Å²) >= 11 is 0. The van der Waals surface area contributed by atoms with Crippen LogP contribution in [0.2, 0.25) is 0 Å². The van der Waals surface area contributed by atoms with Gasteiger partial charge in [-0.05, 0) is 24.1 Å². The highest BCUT2D eigenvalue weighted by molar-refractivity contribution is 6.16. The van der Waals surface area contributed by atoms with E-state index >= 15 is 0 Å².